The van der Waals surface area contributed by atoms with Gasteiger partial charge in [0.15, 0.2) is 0 Å². The molecule has 2 aromatic rings. The van der Waals surface area contributed by atoms with Crippen LogP contribution >= 0.6 is 24.8 Å². The molecule has 0 spiro atoms. The first-order chi connectivity index (χ1) is 11.7. The number of pyridine rings is 1. The number of methoxy groups -OCH3 is 1. The van der Waals surface area contributed by atoms with Crippen LogP contribution in [0.15, 0.2) is 43.1 Å². The molecule has 6 heteroatoms. The summed E-state index contributed by atoms with van der Waals surface area (Å²) in [6.07, 6.45) is 5.62. The number of aliphatic hydroxyl groups is 1. The molecule has 2 bridgehead atoms. The van der Waals surface area contributed by atoms with Crippen LogP contribution in [0.5, 0.6) is 5.75 Å². The fourth-order valence-electron chi connectivity index (χ4n) is 4.44. The Labute approximate surface area is 167 Å². The smallest absolute Gasteiger partial charge is 0.119 e. The highest BCUT2D eigenvalue weighted by Crippen LogP contribution is 2.42. The number of piperidine rings is 3. The zero-order valence-electron chi connectivity index (χ0n) is 14.9. The summed E-state index contributed by atoms with van der Waals surface area (Å²) in [5, 5.41) is 12.1. The Balaban J connectivity index is 0.00000121. The first kappa shape index (κ1) is 21.0. The SMILES string of the molecule is C=C[C@@H]1CN2CC[C@@H]1CC2[C@@H](O)c1ccnc2ccc(OC)cc12.Cl.Cl. The molecule has 4 heterocycles. The van der Waals surface area contributed by atoms with Gasteiger partial charge in [-0.15, -0.1) is 31.4 Å². The molecule has 2 unspecified atom stereocenters. The van der Waals surface area contributed by atoms with Crippen LogP contribution in [-0.4, -0.2) is 41.2 Å². The lowest BCUT2D eigenvalue weighted by molar-refractivity contribution is -0.0444. The number of benzene rings is 1. The van der Waals surface area contributed by atoms with Gasteiger partial charge in [0.1, 0.15) is 5.75 Å². The summed E-state index contributed by atoms with van der Waals surface area (Å²) in [5.74, 6) is 2.01. The third-order valence-corrected chi connectivity index (χ3v) is 5.82. The third kappa shape index (κ3) is 3.56. The maximum absolute atomic E-state index is 11.2. The Morgan fingerprint density at radius 3 is 2.81 bits per heavy atom. The summed E-state index contributed by atoms with van der Waals surface area (Å²) in [6, 6.07) is 7.96. The topological polar surface area (TPSA) is 45.6 Å². The van der Waals surface area contributed by atoms with E-state index in [-0.39, 0.29) is 30.9 Å². The lowest BCUT2D eigenvalue weighted by Gasteiger charge is -2.50. The predicted molar refractivity (Wildman–Crippen MR) is 110 cm³/mol. The fourth-order valence-corrected chi connectivity index (χ4v) is 4.44. The average Bonchev–Trinajstić information content (AvgIpc) is 2.66. The number of fused-ring (bicyclic) bond motifs is 4. The number of ether oxygens (including phenoxy) is 1. The van der Waals surface area contributed by atoms with E-state index in [0.29, 0.717) is 11.8 Å². The molecule has 1 N–H and O–H groups in total. The highest BCUT2D eigenvalue weighted by molar-refractivity contribution is 5.85. The molecular formula is C20H26Cl2N2O2. The second kappa shape index (κ2) is 8.57. The number of halogens is 2. The van der Waals surface area contributed by atoms with E-state index in [1.54, 1.807) is 13.3 Å². The summed E-state index contributed by atoms with van der Waals surface area (Å²) in [4.78, 5) is 6.86. The average molecular weight is 397 g/mol. The van der Waals surface area contributed by atoms with Crippen molar-refractivity contribution in [2.75, 3.05) is 20.2 Å². The fraction of sp³-hybridized carbons (Fsp3) is 0.450. The van der Waals surface area contributed by atoms with Crippen LogP contribution in [0.4, 0.5) is 0 Å². The van der Waals surface area contributed by atoms with E-state index in [9.17, 15) is 5.11 Å². The van der Waals surface area contributed by atoms with E-state index in [0.717, 1.165) is 41.7 Å². The molecule has 3 aliphatic rings. The van der Waals surface area contributed by atoms with Gasteiger partial charge >= 0.3 is 0 Å². The number of nitrogens with zero attached hydrogens (tertiary/aromatic N) is 2. The molecule has 142 valence electrons. The van der Waals surface area contributed by atoms with E-state index in [1.807, 2.05) is 24.3 Å². The van der Waals surface area contributed by atoms with Crippen LogP contribution in [0.1, 0.15) is 24.5 Å². The van der Waals surface area contributed by atoms with E-state index >= 15 is 0 Å². The van der Waals surface area contributed by atoms with E-state index < -0.39 is 6.10 Å². The number of hydrogen-bond donors (Lipinski definition) is 1. The Hall–Kier alpha value is -1.33. The van der Waals surface area contributed by atoms with Gasteiger partial charge in [-0.1, -0.05) is 6.08 Å². The molecule has 4 nitrogen and oxygen atoms in total. The molecule has 1 aromatic carbocycles. The van der Waals surface area contributed by atoms with Crippen molar-refractivity contribution >= 4 is 35.7 Å². The van der Waals surface area contributed by atoms with Crippen LogP contribution in [-0.2, 0) is 0 Å². The summed E-state index contributed by atoms with van der Waals surface area (Å²) >= 11 is 0. The number of rotatable bonds is 4. The number of aliphatic hydroxyl groups excluding tert-OH is 1. The molecule has 5 atom stereocenters. The molecule has 26 heavy (non-hydrogen) atoms. The maximum atomic E-state index is 11.2. The highest BCUT2D eigenvalue weighted by Gasteiger charge is 2.42. The molecule has 3 fully saturated rings. The largest absolute Gasteiger partial charge is 0.497 e. The highest BCUT2D eigenvalue weighted by atomic mass is 35.5. The molecular weight excluding hydrogens is 371 g/mol. The molecule has 1 aromatic heterocycles. The molecule has 0 saturated carbocycles. The van der Waals surface area contributed by atoms with Crippen molar-refractivity contribution in [2.45, 2.75) is 25.0 Å². The minimum absolute atomic E-state index is 0. The van der Waals surface area contributed by atoms with Gasteiger partial charge in [-0.25, -0.2) is 0 Å². The molecule has 3 aliphatic heterocycles. The molecule has 0 radical (unpaired) electrons. The summed E-state index contributed by atoms with van der Waals surface area (Å²) < 4.78 is 5.35. The first-order valence-corrected chi connectivity index (χ1v) is 8.68. The first-order valence-electron chi connectivity index (χ1n) is 8.68. The van der Waals surface area contributed by atoms with Crippen molar-refractivity contribution in [2.24, 2.45) is 11.8 Å². The minimum Gasteiger partial charge on any atom is -0.497 e. The Kier molecular flexibility index (Phi) is 6.92. The monoisotopic (exact) mass is 396 g/mol. The van der Waals surface area contributed by atoms with Crippen molar-refractivity contribution in [3.05, 3.63) is 48.7 Å². The van der Waals surface area contributed by atoms with Crippen LogP contribution in [0.2, 0.25) is 0 Å². The van der Waals surface area contributed by atoms with E-state index in [4.69, 9.17) is 4.74 Å². The second-order valence-electron chi connectivity index (χ2n) is 6.97. The zero-order valence-corrected chi connectivity index (χ0v) is 16.5. The van der Waals surface area contributed by atoms with Gasteiger partial charge in [-0.3, -0.25) is 9.88 Å². The van der Waals surface area contributed by atoms with Crippen molar-refractivity contribution in [1.82, 2.24) is 9.88 Å². The van der Waals surface area contributed by atoms with Crippen LogP contribution < -0.4 is 4.74 Å². The number of hydrogen-bond acceptors (Lipinski definition) is 4. The van der Waals surface area contributed by atoms with E-state index in [2.05, 4.69) is 22.5 Å². The van der Waals surface area contributed by atoms with Gasteiger partial charge in [0.25, 0.3) is 0 Å². The summed E-state index contributed by atoms with van der Waals surface area (Å²) in [6.45, 7) is 6.07. The third-order valence-electron chi connectivity index (χ3n) is 5.82. The molecule has 3 saturated heterocycles. The summed E-state index contributed by atoms with van der Waals surface area (Å²) in [5.41, 5.74) is 1.85. The van der Waals surface area contributed by atoms with Crippen LogP contribution in [0, 0.1) is 11.8 Å². The normalized spacial score (nSPS) is 27.9. The second-order valence-corrected chi connectivity index (χ2v) is 6.97. The van der Waals surface area contributed by atoms with Crippen molar-refractivity contribution < 1.29 is 9.84 Å². The number of aromatic nitrogens is 1. The van der Waals surface area contributed by atoms with Gasteiger partial charge < -0.3 is 9.84 Å². The Morgan fingerprint density at radius 2 is 2.15 bits per heavy atom. The lowest BCUT2D eigenvalue weighted by atomic mass is 9.73. The zero-order chi connectivity index (χ0) is 16.7. The quantitative estimate of drug-likeness (QED) is 0.792. The molecule has 0 aliphatic carbocycles. The van der Waals surface area contributed by atoms with Crippen molar-refractivity contribution in [1.29, 1.82) is 0 Å². The standard InChI is InChI=1S/C20H24N2O2.2ClH/c1-3-13-12-22-9-7-14(13)10-19(22)20(23)16-6-8-21-18-5-4-15(24-2)11-17(16)18;;/h3-6,8,11,13-14,19-20,23H,1,7,9-10,12H2,2H3;2*1H/t13-,14-,19?,20+;;/m1../s1. The Morgan fingerprint density at radius 1 is 1.35 bits per heavy atom. The van der Waals surface area contributed by atoms with Gasteiger partial charge in [0, 0.05) is 24.2 Å². The van der Waals surface area contributed by atoms with Gasteiger partial charge in [-0.2, -0.15) is 0 Å². The van der Waals surface area contributed by atoms with Crippen LogP contribution in [0.3, 0.4) is 0 Å². The van der Waals surface area contributed by atoms with Gasteiger partial charge in [0.05, 0.1) is 18.7 Å². The maximum Gasteiger partial charge on any atom is 0.119 e. The van der Waals surface area contributed by atoms with Gasteiger partial charge in [0.2, 0.25) is 0 Å². The minimum atomic E-state index is -0.504. The molecule has 0 amide bonds. The predicted octanol–water partition coefficient (Wildman–Crippen LogP) is 4.02. The molecule has 5 rings (SSSR count). The van der Waals surface area contributed by atoms with Crippen LogP contribution in [0.25, 0.3) is 10.9 Å². The lowest BCUT2D eigenvalue weighted by Crippen LogP contribution is -2.54. The van der Waals surface area contributed by atoms with Gasteiger partial charge in [-0.05, 0) is 61.1 Å². The van der Waals surface area contributed by atoms with Crippen molar-refractivity contribution in [3.63, 3.8) is 0 Å². The summed E-state index contributed by atoms with van der Waals surface area (Å²) in [7, 11) is 1.66. The van der Waals surface area contributed by atoms with E-state index in [1.165, 1.54) is 6.42 Å². The Bertz CT molecular complexity index is 771. The van der Waals surface area contributed by atoms with Crippen molar-refractivity contribution in [3.8, 4) is 5.75 Å².